The molecule has 2 N–H and O–H groups in total. The van der Waals surface area contributed by atoms with E-state index in [0.717, 1.165) is 30.8 Å². The van der Waals surface area contributed by atoms with Gasteiger partial charge in [-0.05, 0) is 37.1 Å². The molecule has 0 aromatic heterocycles. The Balaban J connectivity index is 2.36. The second-order valence-electron chi connectivity index (χ2n) is 4.55. The summed E-state index contributed by atoms with van der Waals surface area (Å²) in [7, 11) is 1.68. The Hall–Kier alpha value is -1.06. The lowest BCUT2D eigenvalue weighted by molar-refractivity contribution is 0.205. The van der Waals surface area contributed by atoms with E-state index < -0.39 is 0 Å². The Kier molecular flexibility index (Phi) is 3.17. The highest BCUT2D eigenvalue weighted by atomic mass is 16.5. The topological polar surface area (TPSA) is 41.5 Å². The van der Waals surface area contributed by atoms with Gasteiger partial charge in [0, 0.05) is 12.0 Å². The van der Waals surface area contributed by atoms with Gasteiger partial charge in [-0.3, -0.25) is 0 Å². The number of aliphatic hydroxyl groups is 1. The molecule has 1 fully saturated rings. The van der Waals surface area contributed by atoms with E-state index in [1.807, 2.05) is 13.0 Å². The number of aliphatic hydroxyl groups excluding tert-OH is 1. The molecule has 0 radical (unpaired) electrons. The quantitative estimate of drug-likeness (QED) is 0.806. The second kappa shape index (κ2) is 4.44. The fraction of sp³-hybridized carbons (Fsp3) is 0.538. The zero-order valence-corrected chi connectivity index (χ0v) is 9.92. The van der Waals surface area contributed by atoms with Crippen molar-refractivity contribution in [3.63, 3.8) is 0 Å². The van der Waals surface area contributed by atoms with Crippen molar-refractivity contribution in [2.75, 3.05) is 26.8 Å². The van der Waals surface area contributed by atoms with E-state index in [4.69, 9.17) is 4.74 Å². The van der Waals surface area contributed by atoms with Crippen LogP contribution in [0, 0.1) is 6.92 Å². The van der Waals surface area contributed by atoms with Crippen LogP contribution < -0.4 is 10.1 Å². The molecule has 1 aromatic rings. The van der Waals surface area contributed by atoms with Crippen LogP contribution in [-0.2, 0) is 5.41 Å². The predicted molar refractivity (Wildman–Crippen MR) is 64.0 cm³/mol. The molecule has 0 aliphatic carbocycles. The summed E-state index contributed by atoms with van der Waals surface area (Å²) < 4.78 is 5.25. The number of methoxy groups -OCH3 is 1. The van der Waals surface area contributed by atoms with Gasteiger partial charge in [0.1, 0.15) is 5.75 Å². The highest BCUT2D eigenvalue weighted by molar-refractivity contribution is 5.40. The Labute approximate surface area is 96.4 Å². The Morgan fingerprint density at radius 3 is 2.81 bits per heavy atom. The molecule has 1 heterocycles. The van der Waals surface area contributed by atoms with Gasteiger partial charge in [0.2, 0.25) is 0 Å². The maximum Gasteiger partial charge on any atom is 0.121 e. The van der Waals surface area contributed by atoms with E-state index in [2.05, 4.69) is 17.4 Å². The van der Waals surface area contributed by atoms with Gasteiger partial charge >= 0.3 is 0 Å². The van der Waals surface area contributed by atoms with E-state index in [9.17, 15) is 5.11 Å². The molecule has 1 aliphatic rings. The van der Waals surface area contributed by atoms with Crippen molar-refractivity contribution in [1.29, 1.82) is 0 Å². The number of benzene rings is 1. The number of nitrogens with one attached hydrogen (secondary N) is 1. The monoisotopic (exact) mass is 221 g/mol. The van der Waals surface area contributed by atoms with Crippen LogP contribution in [0.1, 0.15) is 17.5 Å². The van der Waals surface area contributed by atoms with Gasteiger partial charge in [-0.15, -0.1) is 0 Å². The van der Waals surface area contributed by atoms with E-state index in [-0.39, 0.29) is 12.0 Å². The molecule has 16 heavy (non-hydrogen) atoms. The van der Waals surface area contributed by atoms with Crippen LogP contribution >= 0.6 is 0 Å². The van der Waals surface area contributed by atoms with Crippen LogP contribution in [0.4, 0.5) is 0 Å². The third-order valence-corrected chi connectivity index (χ3v) is 3.55. The summed E-state index contributed by atoms with van der Waals surface area (Å²) in [5.41, 5.74) is 2.23. The molecule has 1 aromatic carbocycles. The van der Waals surface area contributed by atoms with Crippen molar-refractivity contribution in [3.8, 4) is 5.75 Å². The van der Waals surface area contributed by atoms with Gasteiger partial charge in [-0.1, -0.05) is 12.1 Å². The first-order valence-corrected chi connectivity index (χ1v) is 5.68. The molecule has 88 valence electrons. The summed E-state index contributed by atoms with van der Waals surface area (Å²) in [6.45, 7) is 4.07. The van der Waals surface area contributed by atoms with Crippen molar-refractivity contribution < 1.29 is 9.84 Å². The number of ether oxygens (including phenoxy) is 1. The molecule has 1 saturated heterocycles. The molecule has 2 rings (SSSR count). The molecule has 1 unspecified atom stereocenters. The normalized spacial score (nSPS) is 24.7. The van der Waals surface area contributed by atoms with E-state index in [1.165, 1.54) is 5.56 Å². The third kappa shape index (κ3) is 1.81. The van der Waals surface area contributed by atoms with Gasteiger partial charge < -0.3 is 15.2 Å². The molecule has 3 nitrogen and oxygen atoms in total. The molecule has 0 saturated carbocycles. The summed E-state index contributed by atoms with van der Waals surface area (Å²) in [5.74, 6) is 0.905. The van der Waals surface area contributed by atoms with Gasteiger partial charge in [0.05, 0.1) is 13.7 Å². The maximum atomic E-state index is 9.62. The molecule has 1 atom stereocenters. The van der Waals surface area contributed by atoms with Crippen LogP contribution in [-0.4, -0.2) is 31.9 Å². The summed E-state index contributed by atoms with van der Waals surface area (Å²) in [6.07, 6.45) is 0.995. The smallest absolute Gasteiger partial charge is 0.121 e. The van der Waals surface area contributed by atoms with Crippen molar-refractivity contribution in [3.05, 3.63) is 29.3 Å². The number of hydrogen-bond acceptors (Lipinski definition) is 3. The standard InChI is InChI=1S/C13H19NO2/c1-10-7-11(3-4-12(10)16-2)13(9-15)5-6-14-8-13/h3-4,7,14-15H,5-6,8-9H2,1-2H3. The van der Waals surface area contributed by atoms with Crippen molar-refractivity contribution in [2.45, 2.75) is 18.8 Å². The fourth-order valence-corrected chi connectivity index (χ4v) is 2.42. The lowest BCUT2D eigenvalue weighted by Crippen LogP contribution is -2.33. The Morgan fingerprint density at radius 2 is 2.31 bits per heavy atom. The van der Waals surface area contributed by atoms with E-state index in [0.29, 0.717) is 0 Å². The van der Waals surface area contributed by atoms with Crippen LogP contribution in [0.25, 0.3) is 0 Å². The Morgan fingerprint density at radius 1 is 1.50 bits per heavy atom. The van der Waals surface area contributed by atoms with Gasteiger partial charge in [-0.25, -0.2) is 0 Å². The average Bonchev–Trinajstić information content (AvgIpc) is 2.78. The molecule has 0 spiro atoms. The molecule has 1 aliphatic heterocycles. The second-order valence-corrected chi connectivity index (χ2v) is 4.55. The number of rotatable bonds is 3. The Bertz CT molecular complexity index is 370. The fourth-order valence-electron chi connectivity index (χ4n) is 2.42. The van der Waals surface area contributed by atoms with Gasteiger partial charge in [0.15, 0.2) is 0 Å². The highest BCUT2D eigenvalue weighted by Crippen LogP contribution is 2.32. The van der Waals surface area contributed by atoms with Gasteiger partial charge in [0.25, 0.3) is 0 Å². The summed E-state index contributed by atoms with van der Waals surface area (Å²) in [5, 5.41) is 12.9. The van der Waals surface area contributed by atoms with Crippen LogP contribution in [0.15, 0.2) is 18.2 Å². The highest BCUT2D eigenvalue weighted by Gasteiger charge is 2.35. The predicted octanol–water partition coefficient (Wildman–Crippen LogP) is 1.23. The van der Waals surface area contributed by atoms with Crippen LogP contribution in [0.2, 0.25) is 0 Å². The first-order chi connectivity index (χ1) is 7.72. The zero-order chi connectivity index (χ0) is 11.6. The first-order valence-electron chi connectivity index (χ1n) is 5.68. The molecule has 0 bridgehead atoms. The molecular formula is C13H19NO2. The van der Waals surface area contributed by atoms with E-state index >= 15 is 0 Å². The molecule has 3 heteroatoms. The molecular weight excluding hydrogens is 202 g/mol. The van der Waals surface area contributed by atoms with Crippen molar-refractivity contribution >= 4 is 0 Å². The number of aryl methyl sites for hydroxylation is 1. The summed E-state index contributed by atoms with van der Waals surface area (Å²) in [6, 6.07) is 6.18. The maximum absolute atomic E-state index is 9.62. The third-order valence-electron chi connectivity index (χ3n) is 3.55. The first kappa shape index (κ1) is 11.4. The zero-order valence-electron chi connectivity index (χ0n) is 9.92. The minimum atomic E-state index is -0.100. The number of hydrogen-bond donors (Lipinski definition) is 2. The summed E-state index contributed by atoms with van der Waals surface area (Å²) >= 11 is 0. The van der Waals surface area contributed by atoms with Crippen LogP contribution in [0.3, 0.4) is 0 Å². The largest absolute Gasteiger partial charge is 0.496 e. The minimum Gasteiger partial charge on any atom is -0.496 e. The van der Waals surface area contributed by atoms with Gasteiger partial charge in [-0.2, -0.15) is 0 Å². The lowest BCUT2D eigenvalue weighted by Gasteiger charge is -2.27. The van der Waals surface area contributed by atoms with E-state index in [1.54, 1.807) is 7.11 Å². The SMILES string of the molecule is COc1ccc(C2(CO)CCNC2)cc1C. The van der Waals surface area contributed by atoms with Crippen molar-refractivity contribution in [1.82, 2.24) is 5.32 Å². The lowest BCUT2D eigenvalue weighted by atomic mass is 9.80. The summed E-state index contributed by atoms with van der Waals surface area (Å²) in [4.78, 5) is 0. The van der Waals surface area contributed by atoms with Crippen molar-refractivity contribution in [2.24, 2.45) is 0 Å². The van der Waals surface area contributed by atoms with Crippen LogP contribution in [0.5, 0.6) is 5.75 Å². The average molecular weight is 221 g/mol. The molecule has 0 amide bonds. The minimum absolute atomic E-state index is 0.100.